The van der Waals surface area contributed by atoms with Gasteiger partial charge < -0.3 is 4.74 Å². The zero-order valence-electron chi connectivity index (χ0n) is 10.4. The Bertz CT molecular complexity index is 689. The van der Waals surface area contributed by atoms with Gasteiger partial charge in [0.2, 0.25) is 5.90 Å². The summed E-state index contributed by atoms with van der Waals surface area (Å²) in [5.74, 6) is 0.504. The number of fused-ring (bicyclic) bond motifs is 1. The highest BCUT2D eigenvalue weighted by molar-refractivity contribution is 5.99. The first-order valence-corrected chi connectivity index (χ1v) is 5.97. The highest BCUT2D eigenvalue weighted by Gasteiger charge is 2.30. The summed E-state index contributed by atoms with van der Waals surface area (Å²) in [6.45, 7) is 0. The quantitative estimate of drug-likeness (QED) is 0.878. The summed E-state index contributed by atoms with van der Waals surface area (Å²) in [6, 6.07) is 9.43. The van der Waals surface area contributed by atoms with Crippen LogP contribution in [0.15, 0.2) is 41.7 Å². The zero-order valence-corrected chi connectivity index (χ0v) is 10.4. The molecule has 5 nitrogen and oxygen atoms in total. The Hall–Kier alpha value is -2.45. The minimum absolute atomic E-state index is 0.381. The molecule has 3 rings (SSSR count). The van der Waals surface area contributed by atoms with E-state index < -0.39 is 6.04 Å². The minimum atomic E-state index is -0.506. The second kappa shape index (κ2) is 4.67. The molecule has 0 aliphatic carbocycles. The first kappa shape index (κ1) is 11.6. The Morgan fingerprint density at radius 1 is 1.32 bits per heavy atom. The van der Waals surface area contributed by atoms with Crippen molar-refractivity contribution in [2.75, 3.05) is 7.05 Å². The fourth-order valence-electron chi connectivity index (χ4n) is 2.08. The van der Waals surface area contributed by atoms with Crippen molar-refractivity contribution in [3.05, 3.63) is 42.2 Å². The molecule has 1 aliphatic rings. The third kappa shape index (κ3) is 2.02. The van der Waals surface area contributed by atoms with Crippen LogP contribution in [0.1, 0.15) is 5.56 Å². The number of aliphatic imine (C=N–C) groups is 1. The summed E-state index contributed by atoms with van der Waals surface area (Å²) in [4.78, 5) is 8.37. The number of rotatable bonds is 2. The topological polar surface area (TPSA) is 70.3 Å². The van der Waals surface area contributed by atoms with Crippen LogP contribution >= 0.6 is 0 Å². The van der Waals surface area contributed by atoms with Crippen LogP contribution in [-0.2, 0) is 4.74 Å². The lowest BCUT2D eigenvalue weighted by Crippen LogP contribution is -2.34. The fraction of sp³-hybridized carbons (Fsp3) is 0.214. The first-order valence-electron chi connectivity index (χ1n) is 5.97. The molecule has 5 heteroatoms. The van der Waals surface area contributed by atoms with E-state index in [0.717, 1.165) is 16.3 Å². The van der Waals surface area contributed by atoms with Crippen molar-refractivity contribution in [3.8, 4) is 6.07 Å². The molecule has 94 valence electrons. The first-order chi connectivity index (χ1) is 9.31. The number of ether oxygens (including phenoxy) is 1. The highest BCUT2D eigenvalue weighted by atomic mass is 16.5. The molecule has 0 spiro atoms. The summed E-state index contributed by atoms with van der Waals surface area (Å²) in [5, 5.41) is 14.1. The number of likely N-dealkylation sites (N-methyl/N-ethyl adjacent to an activating group) is 1. The molecule has 2 heterocycles. The number of benzene rings is 1. The number of nitriles is 1. The number of nitrogens with one attached hydrogen (secondary N) is 1. The molecule has 0 bridgehead atoms. The van der Waals surface area contributed by atoms with Crippen LogP contribution in [0.25, 0.3) is 10.8 Å². The summed E-state index contributed by atoms with van der Waals surface area (Å²) in [7, 11) is 1.75. The van der Waals surface area contributed by atoms with E-state index in [1.165, 1.54) is 0 Å². The molecule has 0 saturated heterocycles. The normalized spacial score (nSPS) is 21.8. The molecule has 0 saturated carbocycles. The summed E-state index contributed by atoms with van der Waals surface area (Å²) in [5.41, 5.74) is 0.872. The van der Waals surface area contributed by atoms with E-state index in [2.05, 4.69) is 21.4 Å². The van der Waals surface area contributed by atoms with Crippen molar-refractivity contribution in [1.29, 1.82) is 5.26 Å². The lowest BCUT2D eigenvalue weighted by atomic mass is 10.1. The van der Waals surface area contributed by atoms with E-state index in [1.54, 1.807) is 13.2 Å². The third-order valence-corrected chi connectivity index (χ3v) is 3.09. The number of hydrogen-bond acceptors (Lipinski definition) is 5. The van der Waals surface area contributed by atoms with Gasteiger partial charge in [0.25, 0.3) is 0 Å². The average Bonchev–Trinajstić information content (AvgIpc) is 2.90. The maximum Gasteiger partial charge on any atom is 0.219 e. The van der Waals surface area contributed by atoms with E-state index >= 15 is 0 Å². The van der Waals surface area contributed by atoms with Gasteiger partial charge in [0.05, 0.1) is 6.07 Å². The zero-order chi connectivity index (χ0) is 13.2. The van der Waals surface area contributed by atoms with Gasteiger partial charge in [-0.2, -0.15) is 5.26 Å². The molecule has 2 atom stereocenters. The van der Waals surface area contributed by atoms with E-state index in [0.29, 0.717) is 5.90 Å². The standard InChI is InChI=1S/C14H12N4O/c1-16-14-12(7-15)18-13(19-14)10-2-3-11-8-17-5-4-9(11)6-10/h2-6,8,12,14,16H,1H3. The Kier molecular flexibility index (Phi) is 2.86. The second-order valence-corrected chi connectivity index (χ2v) is 4.27. The third-order valence-electron chi connectivity index (χ3n) is 3.09. The fourth-order valence-corrected chi connectivity index (χ4v) is 2.08. The average molecular weight is 252 g/mol. The predicted octanol–water partition coefficient (Wildman–Crippen LogP) is 1.45. The Labute approximate surface area is 110 Å². The van der Waals surface area contributed by atoms with Crippen molar-refractivity contribution in [2.24, 2.45) is 4.99 Å². The Morgan fingerprint density at radius 2 is 2.21 bits per heavy atom. The molecule has 1 N–H and O–H groups in total. The van der Waals surface area contributed by atoms with Gasteiger partial charge in [-0.05, 0) is 30.6 Å². The molecule has 2 aromatic rings. The molecule has 0 amide bonds. The van der Waals surface area contributed by atoms with Crippen LogP contribution in [0.5, 0.6) is 0 Å². The van der Waals surface area contributed by atoms with Crippen LogP contribution in [-0.4, -0.2) is 30.2 Å². The smallest absolute Gasteiger partial charge is 0.219 e. The van der Waals surface area contributed by atoms with Crippen LogP contribution in [0.4, 0.5) is 0 Å². The van der Waals surface area contributed by atoms with Gasteiger partial charge in [-0.15, -0.1) is 0 Å². The van der Waals surface area contributed by atoms with Crippen LogP contribution in [0, 0.1) is 11.3 Å². The second-order valence-electron chi connectivity index (χ2n) is 4.27. The summed E-state index contributed by atoms with van der Waals surface area (Å²) >= 11 is 0. The molecule has 19 heavy (non-hydrogen) atoms. The molecular formula is C14H12N4O. The van der Waals surface area contributed by atoms with E-state index in [1.807, 2.05) is 30.5 Å². The van der Waals surface area contributed by atoms with Crippen molar-refractivity contribution in [2.45, 2.75) is 12.3 Å². The molecule has 1 aliphatic heterocycles. The summed E-state index contributed by atoms with van der Waals surface area (Å²) < 4.78 is 5.65. The number of nitrogens with zero attached hydrogens (tertiary/aromatic N) is 3. The number of pyridine rings is 1. The van der Waals surface area contributed by atoms with Crippen molar-refractivity contribution in [3.63, 3.8) is 0 Å². The van der Waals surface area contributed by atoms with Gasteiger partial charge in [-0.25, -0.2) is 4.99 Å². The van der Waals surface area contributed by atoms with Crippen LogP contribution in [0.3, 0.4) is 0 Å². The molecule has 0 fully saturated rings. The predicted molar refractivity (Wildman–Crippen MR) is 71.6 cm³/mol. The van der Waals surface area contributed by atoms with Gasteiger partial charge in [0, 0.05) is 23.3 Å². The lowest BCUT2D eigenvalue weighted by molar-refractivity contribution is 0.179. The maximum absolute atomic E-state index is 9.02. The molecule has 1 aromatic heterocycles. The SMILES string of the molecule is CNC1OC(c2ccc3cnccc3c2)=NC1C#N. The van der Waals surface area contributed by atoms with E-state index in [4.69, 9.17) is 10.00 Å². The number of aromatic nitrogens is 1. The largest absolute Gasteiger partial charge is 0.455 e. The molecule has 1 aromatic carbocycles. The molecular weight excluding hydrogens is 240 g/mol. The number of hydrogen-bond donors (Lipinski definition) is 1. The maximum atomic E-state index is 9.02. The van der Waals surface area contributed by atoms with Gasteiger partial charge in [-0.1, -0.05) is 6.07 Å². The minimum Gasteiger partial charge on any atom is -0.455 e. The highest BCUT2D eigenvalue weighted by Crippen LogP contribution is 2.20. The van der Waals surface area contributed by atoms with Gasteiger partial charge in [-0.3, -0.25) is 10.3 Å². The van der Waals surface area contributed by atoms with Crippen LogP contribution in [0.2, 0.25) is 0 Å². The van der Waals surface area contributed by atoms with Crippen molar-refractivity contribution in [1.82, 2.24) is 10.3 Å². The van der Waals surface area contributed by atoms with Gasteiger partial charge >= 0.3 is 0 Å². The van der Waals surface area contributed by atoms with Crippen molar-refractivity contribution >= 4 is 16.7 Å². The summed E-state index contributed by atoms with van der Waals surface area (Å²) in [6.07, 6.45) is 3.18. The monoisotopic (exact) mass is 252 g/mol. The Morgan fingerprint density at radius 3 is 2.95 bits per heavy atom. The Balaban J connectivity index is 1.99. The van der Waals surface area contributed by atoms with E-state index in [9.17, 15) is 0 Å². The molecule has 0 radical (unpaired) electrons. The lowest BCUT2D eigenvalue weighted by Gasteiger charge is -2.11. The van der Waals surface area contributed by atoms with E-state index in [-0.39, 0.29) is 6.23 Å². The van der Waals surface area contributed by atoms with Gasteiger partial charge in [0.15, 0.2) is 12.3 Å². The van der Waals surface area contributed by atoms with Crippen LogP contribution < -0.4 is 5.32 Å². The van der Waals surface area contributed by atoms with Gasteiger partial charge in [0.1, 0.15) is 0 Å². The van der Waals surface area contributed by atoms with Crippen molar-refractivity contribution < 1.29 is 4.74 Å². The molecule has 2 unspecified atom stereocenters.